The predicted octanol–water partition coefficient (Wildman–Crippen LogP) is 17.9. The number of allylic oxidation sites excluding steroid dienone is 10. The molecule has 0 aliphatic heterocycles. The minimum absolute atomic E-state index is 0.00907. The van der Waals surface area contributed by atoms with Crippen molar-refractivity contribution in [2.75, 3.05) is 17.6 Å². The molecule has 1 aliphatic carbocycles. The largest absolute Gasteiger partial charge is 0.399 e. The Hall–Kier alpha value is -5.08. The highest BCUT2D eigenvalue weighted by Gasteiger charge is 2.24. The molecule has 0 bridgehead atoms. The molecule has 0 heterocycles. The first-order valence-corrected chi connectivity index (χ1v) is 24.1. The molecule has 348 valence electrons. The van der Waals surface area contributed by atoms with Gasteiger partial charge in [-0.15, -0.1) is 13.2 Å². The zero-order valence-electron chi connectivity index (χ0n) is 43.1. The maximum atomic E-state index is 6.21. The number of benzene rings is 4. The van der Waals surface area contributed by atoms with Gasteiger partial charge in [-0.25, -0.2) is 0 Å². The second kappa shape index (κ2) is 30.9. The highest BCUT2D eigenvalue weighted by atomic mass is 14.9. The van der Waals surface area contributed by atoms with E-state index in [0.29, 0.717) is 5.92 Å². The van der Waals surface area contributed by atoms with Crippen molar-refractivity contribution >= 4 is 11.4 Å². The van der Waals surface area contributed by atoms with Gasteiger partial charge in [0.15, 0.2) is 0 Å². The summed E-state index contributed by atoms with van der Waals surface area (Å²) in [6, 6.07) is 30.5. The first-order valence-electron chi connectivity index (χ1n) is 24.1. The van der Waals surface area contributed by atoms with Gasteiger partial charge in [0.2, 0.25) is 0 Å². The second-order valence-electron chi connectivity index (χ2n) is 19.0. The lowest BCUT2D eigenvalue weighted by atomic mass is 9.76. The van der Waals surface area contributed by atoms with Gasteiger partial charge in [-0.1, -0.05) is 219 Å². The second-order valence-corrected chi connectivity index (χ2v) is 19.0. The van der Waals surface area contributed by atoms with E-state index in [-0.39, 0.29) is 10.8 Å². The SMILES string of the molecule is C/C(=C/C=C/C=C/C=C/CC(C)(C)c1cc(N)ccc1NCCc1ccc(C)cc1)C(C)(C)c1cc(C)ccc1C.C=CC(C)C.C=CC1CC1.CCC.CCCc1ccc(C)cc1. The van der Waals surface area contributed by atoms with E-state index in [4.69, 9.17) is 5.73 Å². The van der Waals surface area contributed by atoms with Gasteiger partial charge in [0.25, 0.3) is 0 Å². The van der Waals surface area contributed by atoms with Crippen molar-refractivity contribution < 1.29 is 0 Å². The first kappa shape index (κ1) is 56.9. The summed E-state index contributed by atoms with van der Waals surface area (Å²) in [4.78, 5) is 0. The number of aryl methyl sites for hydroxylation is 5. The molecule has 0 amide bonds. The van der Waals surface area contributed by atoms with Crippen LogP contribution in [0.25, 0.3) is 0 Å². The molecule has 1 aliphatic rings. The van der Waals surface area contributed by atoms with E-state index >= 15 is 0 Å². The van der Waals surface area contributed by atoms with Crippen molar-refractivity contribution in [3.8, 4) is 0 Å². The van der Waals surface area contributed by atoms with Gasteiger partial charge in [-0.05, 0) is 130 Å². The Balaban J connectivity index is 0.000000717. The Bertz CT molecular complexity index is 2020. The summed E-state index contributed by atoms with van der Waals surface area (Å²) in [5.41, 5.74) is 20.2. The Morgan fingerprint density at radius 1 is 0.703 bits per heavy atom. The molecule has 2 nitrogen and oxygen atoms in total. The molecular weight excluding hydrogens is 773 g/mol. The monoisotopic (exact) mass is 863 g/mol. The summed E-state index contributed by atoms with van der Waals surface area (Å²) >= 11 is 0. The molecule has 4 aromatic rings. The van der Waals surface area contributed by atoms with Crippen LogP contribution < -0.4 is 11.1 Å². The third-order valence-corrected chi connectivity index (χ3v) is 11.3. The molecule has 0 aromatic heterocycles. The van der Waals surface area contributed by atoms with Crippen molar-refractivity contribution in [1.82, 2.24) is 0 Å². The van der Waals surface area contributed by atoms with Gasteiger partial charge in [0.05, 0.1) is 0 Å². The molecule has 0 unspecified atom stereocenters. The van der Waals surface area contributed by atoms with E-state index in [0.717, 1.165) is 36.7 Å². The number of nitrogens with two attached hydrogens (primary N) is 1. The number of hydrogen-bond acceptors (Lipinski definition) is 2. The van der Waals surface area contributed by atoms with Crippen LogP contribution in [0.3, 0.4) is 0 Å². The highest BCUT2D eigenvalue weighted by Crippen LogP contribution is 2.36. The van der Waals surface area contributed by atoms with Gasteiger partial charge in [0.1, 0.15) is 0 Å². The standard InChI is InChI=1S/C39H50N2.C10H14.C5H8.C5H10.C3H8/c1-29-17-20-33(21-18-29)24-26-41-37-23-22-34(40)28-36(37)38(5,6)25-14-12-10-9-11-13-15-32(4)39(7,8)35-27-30(2)16-19-31(35)3;1-3-4-10-7-5-9(2)6-8-10;1-2-5-3-4-5;1-4-5(2)3;1-3-2/h9-23,27-28,41H,24-26,40H2,1-8H3;5-8H,3-4H2,1-2H3;2,5H,1,3-4H2;4-5H,1H2,2-3H3;3H2,1-2H3/b10-9+,13-11+,14-12+,32-15-;;;;. The molecule has 2 heteroatoms. The van der Waals surface area contributed by atoms with Crippen LogP contribution in [0.1, 0.15) is 146 Å². The van der Waals surface area contributed by atoms with Crippen LogP contribution in [0, 0.1) is 39.5 Å². The van der Waals surface area contributed by atoms with Gasteiger partial charge in [-0.3, -0.25) is 0 Å². The van der Waals surface area contributed by atoms with E-state index in [1.807, 2.05) is 18.2 Å². The van der Waals surface area contributed by atoms with Crippen molar-refractivity contribution in [3.05, 3.63) is 203 Å². The molecule has 1 saturated carbocycles. The smallest absolute Gasteiger partial charge is 0.0379 e. The summed E-state index contributed by atoms with van der Waals surface area (Å²) in [7, 11) is 0. The molecule has 0 atom stereocenters. The predicted molar refractivity (Wildman–Crippen MR) is 291 cm³/mol. The van der Waals surface area contributed by atoms with E-state index < -0.39 is 0 Å². The third-order valence-electron chi connectivity index (χ3n) is 11.3. The molecule has 0 radical (unpaired) electrons. The van der Waals surface area contributed by atoms with E-state index in [1.165, 1.54) is 82.2 Å². The van der Waals surface area contributed by atoms with Crippen LogP contribution in [-0.4, -0.2) is 6.54 Å². The Kier molecular flexibility index (Phi) is 27.5. The van der Waals surface area contributed by atoms with Crippen LogP contribution in [0.4, 0.5) is 11.4 Å². The van der Waals surface area contributed by atoms with Crippen molar-refractivity contribution in [2.24, 2.45) is 11.8 Å². The van der Waals surface area contributed by atoms with Crippen LogP contribution in [0.2, 0.25) is 0 Å². The van der Waals surface area contributed by atoms with E-state index in [2.05, 4.69) is 237 Å². The first-order chi connectivity index (χ1) is 30.3. The lowest BCUT2D eigenvalue weighted by Crippen LogP contribution is -2.20. The fraction of sp³-hybridized carbons (Fsp3) is 0.419. The van der Waals surface area contributed by atoms with Crippen molar-refractivity contribution in [2.45, 2.75) is 153 Å². The molecule has 0 saturated heterocycles. The molecule has 3 N–H and O–H groups in total. The Morgan fingerprint density at radius 2 is 1.22 bits per heavy atom. The summed E-state index contributed by atoms with van der Waals surface area (Å²) in [5.74, 6) is 1.55. The molecule has 5 rings (SSSR count). The zero-order valence-corrected chi connectivity index (χ0v) is 43.1. The van der Waals surface area contributed by atoms with Gasteiger partial charge in [0, 0.05) is 23.3 Å². The Morgan fingerprint density at radius 3 is 1.72 bits per heavy atom. The number of anilines is 2. The fourth-order valence-electron chi connectivity index (χ4n) is 6.52. The quantitative estimate of drug-likeness (QED) is 0.0669. The highest BCUT2D eigenvalue weighted by molar-refractivity contribution is 5.61. The van der Waals surface area contributed by atoms with Crippen LogP contribution in [-0.2, 0) is 23.7 Å². The fourth-order valence-corrected chi connectivity index (χ4v) is 6.52. The maximum Gasteiger partial charge on any atom is 0.0379 e. The zero-order chi connectivity index (χ0) is 48.1. The topological polar surface area (TPSA) is 38.0 Å². The lowest BCUT2D eigenvalue weighted by Gasteiger charge is -2.29. The molecule has 0 spiro atoms. The van der Waals surface area contributed by atoms with Crippen LogP contribution >= 0.6 is 0 Å². The minimum atomic E-state index is -0.0545. The van der Waals surface area contributed by atoms with Crippen molar-refractivity contribution in [3.63, 3.8) is 0 Å². The summed E-state index contributed by atoms with van der Waals surface area (Å²) < 4.78 is 0. The normalized spacial score (nSPS) is 12.6. The van der Waals surface area contributed by atoms with Gasteiger partial charge in [-0.2, -0.15) is 0 Å². The Labute approximate surface area is 394 Å². The number of rotatable bonds is 16. The molecule has 64 heavy (non-hydrogen) atoms. The maximum absolute atomic E-state index is 6.21. The van der Waals surface area contributed by atoms with Gasteiger partial charge >= 0.3 is 0 Å². The average Bonchev–Trinajstić information content (AvgIpc) is 4.11. The van der Waals surface area contributed by atoms with E-state index in [9.17, 15) is 0 Å². The number of nitrogens with one attached hydrogen (secondary N) is 1. The molecule has 4 aromatic carbocycles. The lowest BCUT2D eigenvalue weighted by molar-refractivity contribution is 0.535. The summed E-state index contributed by atoms with van der Waals surface area (Å²) in [5, 5.41) is 3.66. The molecular formula is C62H90N2. The summed E-state index contributed by atoms with van der Waals surface area (Å²) in [6.45, 7) is 38.7. The molecule has 1 fully saturated rings. The van der Waals surface area contributed by atoms with Crippen LogP contribution in [0.5, 0.6) is 0 Å². The minimum Gasteiger partial charge on any atom is -0.399 e. The van der Waals surface area contributed by atoms with E-state index in [1.54, 1.807) is 0 Å². The van der Waals surface area contributed by atoms with Crippen molar-refractivity contribution in [1.29, 1.82) is 0 Å². The summed E-state index contributed by atoms with van der Waals surface area (Å²) in [6.07, 6.45) is 27.4. The average molecular weight is 863 g/mol. The number of hydrogen-bond donors (Lipinski definition) is 2. The third kappa shape index (κ3) is 23.6. The van der Waals surface area contributed by atoms with Crippen LogP contribution in [0.15, 0.2) is 158 Å². The number of nitrogen functional groups attached to an aromatic ring is 1. The van der Waals surface area contributed by atoms with Gasteiger partial charge < -0.3 is 11.1 Å².